The SMILES string of the molecule is Cc1nc(CC(=O)Nc2ccc3nc(C)sc3c2)cs1. The molecule has 2 aromatic heterocycles. The van der Waals surface area contributed by atoms with Crippen LogP contribution in [0.15, 0.2) is 23.6 Å². The Morgan fingerprint density at radius 2 is 2.10 bits per heavy atom. The normalized spacial score (nSPS) is 10.9. The van der Waals surface area contributed by atoms with Crippen molar-refractivity contribution >= 4 is 44.5 Å². The van der Waals surface area contributed by atoms with E-state index in [-0.39, 0.29) is 5.91 Å². The Kier molecular flexibility index (Phi) is 3.50. The molecule has 1 N–H and O–H groups in total. The summed E-state index contributed by atoms with van der Waals surface area (Å²) in [5.41, 5.74) is 2.60. The summed E-state index contributed by atoms with van der Waals surface area (Å²) in [7, 11) is 0. The number of thiazole rings is 2. The number of anilines is 1. The van der Waals surface area contributed by atoms with E-state index in [1.165, 1.54) is 0 Å². The first kappa shape index (κ1) is 13.2. The highest BCUT2D eigenvalue weighted by molar-refractivity contribution is 7.18. The molecule has 0 aliphatic rings. The number of carbonyl (C=O) groups excluding carboxylic acids is 1. The second-order valence-electron chi connectivity index (χ2n) is 4.50. The van der Waals surface area contributed by atoms with Crippen molar-refractivity contribution in [2.75, 3.05) is 5.32 Å². The van der Waals surface area contributed by atoms with Gasteiger partial charge < -0.3 is 5.32 Å². The van der Waals surface area contributed by atoms with Crippen molar-refractivity contribution in [1.29, 1.82) is 0 Å². The van der Waals surface area contributed by atoms with Gasteiger partial charge in [0.25, 0.3) is 0 Å². The third-order valence-electron chi connectivity index (χ3n) is 2.79. The number of aryl methyl sites for hydroxylation is 2. The zero-order valence-electron chi connectivity index (χ0n) is 11.1. The van der Waals surface area contributed by atoms with Crippen LogP contribution in [0.5, 0.6) is 0 Å². The van der Waals surface area contributed by atoms with Crippen LogP contribution in [0.3, 0.4) is 0 Å². The number of rotatable bonds is 3. The molecule has 2 heterocycles. The maximum Gasteiger partial charge on any atom is 0.230 e. The van der Waals surface area contributed by atoms with Crippen molar-refractivity contribution in [3.63, 3.8) is 0 Å². The Bertz CT molecular complexity index is 776. The fourth-order valence-corrected chi connectivity index (χ4v) is 3.46. The highest BCUT2D eigenvalue weighted by atomic mass is 32.1. The van der Waals surface area contributed by atoms with Crippen molar-refractivity contribution in [3.8, 4) is 0 Å². The van der Waals surface area contributed by atoms with E-state index >= 15 is 0 Å². The van der Waals surface area contributed by atoms with E-state index in [4.69, 9.17) is 0 Å². The monoisotopic (exact) mass is 303 g/mol. The third-order valence-corrected chi connectivity index (χ3v) is 4.54. The maximum atomic E-state index is 12.0. The topological polar surface area (TPSA) is 54.9 Å². The summed E-state index contributed by atoms with van der Waals surface area (Å²) in [6.45, 7) is 3.92. The number of aromatic nitrogens is 2. The molecule has 6 heteroatoms. The fraction of sp³-hybridized carbons (Fsp3) is 0.214. The lowest BCUT2D eigenvalue weighted by Crippen LogP contribution is -2.14. The molecule has 0 radical (unpaired) electrons. The van der Waals surface area contributed by atoms with Crippen LogP contribution in [0.4, 0.5) is 5.69 Å². The molecule has 0 atom stereocenters. The molecule has 0 aliphatic heterocycles. The van der Waals surface area contributed by atoms with Gasteiger partial charge in [-0.3, -0.25) is 4.79 Å². The predicted octanol–water partition coefficient (Wildman–Crippen LogP) is 3.55. The lowest BCUT2D eigenvalue weighted by atomic mass is 10.2. The molecule has 4 nitrogen and oxygen atoms in total. The third kappa shape index (κ3) is 2.86. The molecular formula is C14H13N3OS2. The quantitative estimate of drug-likeness (QED) is 0.805. The number of fused-ring (bicyclic) bond motifs is 1. The van der Waals surface area contributed by atoms with E-state index in [2.05, 4.69) is 15.3 Å². The summed E-state index contributed by atoms with van der Waals surface area (Å²) < 4.78 is 1.09. The number of hydrogen-bond acceptors (Lipinski definition) is 5. The maximum absolute atomic E-state index is 12.0. The highest BCUT2D eigenvalue weighted by Gasteiger charge is 2.08. The molecule has 1 amide bonds. The number of nitrogens with zero attached hydrogens (tertiary/aromatic N) is 2. The molecule has 0 saturated carbocycles. The highest BCUT2D eigenvalue weighted by Crippen LogP contribution is 2.24. The van der Waals surface area contributed by atoms with Gasteiger partial charge in [-0.2, -0.15) is 0 Å². The van der Waals surface area contributed by atoms with Crippen LogP contribution in [0.1, 0.15) is 15.7 Å². The fourth-order valence-electron chi connectivity index (χ4n) is 1.98. The first-order valence-corrected chi connectivity index (χ1v) is 7.88. The first-order valence-electron chi connectivity index (χ1n) is 6.18. The van der Waals surface area contributed by atoms with E-state index in [1.807, 2.05) is 37.4 Å². The van der Waals surface area contributed by atoms with E-state index in [1.54, 1.807) is 22.7 Å². The number of amides is 1. The molecule has 0 spiro atoms. The molecule has 102 valence electrons. The summed E-state index contributed by atoms with van der Waals surface area (Å²) >= 11 is 3.19. The zero-order chi connectivity index (χ0) is 14.1. The minimum Gasteiger partial charge on any atom is -0.326 e. The lowest BCUT2D eigenvalue weighted by molar-refractivity contribution is -0.115. The van der Waals surface area contributed by atoms with Crippen LogP contribution in [0, 0.1) is 13.8 Å². The predicted molar refractivity (Wildman–Crippen MR) is 83.5 cm³/mol. The van der Waals surface area contributed by atoms with Gasteiger partial charge in [0.05, 0.1) is 32.3 Å². The average molecular weight is 303 g/mol. The molecule has 0 saturated heterocycles. The number of carbonyl (C=O) groups is 1. The van der Waals surface area contributed by atoms with Crippen LogP contribution < -0.4 is 5.32 Å². The van der Waals surface area contributed by atoms with Crippen LogP contribution in [0.2, 0.25) is 0 Å². The van der Waals surface area contributed by atoms with Gasteiger partial charge in [0.15, 0.2) is 0 Å². The summed E-state index contributed by atoms with van der Waals surface area (Å²) in [4.78, 5) is 20.7. The van der Waals surface area contributed by atoms with Crippen molar-refractivity contribution in [1.82, 2.24) is 9.97 Å². The Labute approximate surface area is 124 Å². The Morgan fingerprint density at radius 1 is 1.25 bits per heavy atom. The summed E-state index contributed by atoms with van der Waals surface area (Å²) in [6, 6.07) is 5.78. The Balaban J connectivity index is 1.73. The van der Waals surface area contributed by atoms with Gasteiger partial charge in [-0.25, -0.2) is 9.97 Å². The van der Waals surface area contributed by atoms with Gasteiger partial charge in [-0.1, -0.05) is 0 Å². The van der Waals surface area contributed by atoms with E-state index in [9.17, 15) is 4.79 Å². The van der Waals surface area contributed by atoms with Crippen molar-refractivity contribution < 1.29 is 4.79 Å². The molecule has 0 bridgehead atoms. The largest absolute Gasteiger partial charge is 0.326 e. The van der Waals surface area contributed by atoms with E-state index in [0.29, 0.717) is 6.42 Å². The minimum atomic E-state index is -0.0455. The molecule has 1 aromatic carbocycles. The molecule has 0 unspecified atom stereocenters. The smallest absolute Gasteiger partial charge is 0.230 e. The van der Waals surface area contributed by atoms with Gasteiger partial charge >= 0.3 is 0 Å². The van der Waals surface area contributed by atoms with Crippen molar-refractivity contribution in [2.45, 2.75) is 20.3 Å². The van der Waals surface area contributed by atoms with Gasteiger partial charge in [-0.05, 0) is 32.0 Å². The average Bonchev–Trinajstić information content (AvgIpc) is 2.93. The van der Waals surface area contributed by atoms with Crippen molar-refractivity contribution in [3.05, 3.63) is 39.3 Å². The number of hydrogen-bond donors (Lipinski definition) is 1. The molecule has 20 heavy (non-hydrogen) atoms. The minimum absolute atomic E-state index is 0.0455. The molecule has 3 aromatic rings. The van der Waals surface area contributed by atoms with Gasteiger partial charge in [-0.15, -0.1) is 22.7 Å². The molecule has 3 rings (SSSR count). The van der Waals surface area contributed by atoms with Crippen LogP contribution in [-0.2, 0) is 11.2 Å². The second kappa shape index (κ2) is 5.30. The van der Waals surface area contributed by atoms with Crippen LogP contribution in [0.25, 0.3) is 10.2 Å². The van der Waals surface area contributed by atoms with Crippen molar-refractivity contribution in [2.24, 2.45) is 0 Å². The summed E-state index contributed by atoms with van der Waals surface area (Å²) in [5, 5.41) is 6.84. The van der Waals surface area contributed by atoms with Crippen LogP contribution >= 0.6 is 22.7 Å². The summed E-state index contributed by atoms with van der Waals surface area (Å²) in [5.74, 6) is -0.0455. The number of benzene rings is 1. The zero-order valence-corrected chi connectivity index (χ0v) is 12.8. The number of nitrogens with one attached hydrogen (secondary N) is 1. The van der Waals surface area contributed by atoms with E-state index < -0.39 is 0 Å². The van der Waals surface area contributed by atoms with Gasteiger partial charge in [0.1, 0.15) is 0 Å². The Hall–Kier alpha value is -1.79. The lowest BCUT2D eigenvalue weighted by Gasteiger charge is -2.03. The van der Waals surface area contributed by atoms with E-state index in [0.717, 1.165) is 31.6 Å². The van der Waals surface area contributed by atoms with Crippen LogP contribution in [-0.4, -0.2) is 15.9 Å². The molecule has 0 fully saturated rings. The molecule has 0 aliphatic carbocycles. The summed E-state index contributed by atoms with van der Waals surface area (Å²) in [6.07, 6.45) is 0.310. The van der Waals surface area contributed by atoms with Gasteiger partial charge in [0.2, 0.25) is 5.91 Å². The Morgan fingerprint density at radius 3 is 2.85 bits per heavy atom. The standard InChI is InChI=1S/C14H13N3OS2/c1-8-15-11(7-19-8)6-14(18)17-10-3-4-12-13(5-10)20-9(2)16-12/h3-5,7H,6H2,1-2H3,(H,17,18). The van der Waals surface area contributed by atoms with Gasteiger partial charge in [0, 0.05) is 11.1 Å². The first-order chi connectivity index (χ1) is 9.60. The second-order valence-corrected chi connectivity index (χ2v) is 6.80. The molecular weight excluding hydrogens is 290 g/mol.